The molecule has 0 spiro atoms. The van der Waals surface area contributed by atoms with Gasteiger partial charge >= 0.3 is 0 Å². The Morgan fingerprint density at radius 1 is 1.20 bits per heavy atom. The Balaban J connectivity index is 1.73. The van der Waals surface area contributed by atoms with Crippen molar-refractivity contribution >= 4 is 40.1 Å². The van der Waals surface area contributed by atoms with E-state index in [1.165, 1.54) is 29.6 Å². The van der Waals surface area contributed by atoms with Gasteiger partial charge in [-0.3, -0.25) is 10.1 Å². The largest absolute Gasteiger partial charge is 0.298 e. The first-order chi connectivity index (χ1) is 12.0. The Kier molecular flexibility index (Phi) is 5.26. The van der Waals surface area contributed by atoms with Crippen LogP contribution in [0, 0.1) is 12.7 Å². The van der Waals surface area contributed by atoms with Gasteiger partial charge in [0.25, 0.3) is 0 Å². The van der Waals surface area contributed by atoms with E-state index in [-0.39, 0.29) is 11.7 Å². The van der Waals surface area contributed by atoms with E-state index >= 15 is 0 Å². The highest BCUT2D eigenvalue weighted by atomic mass is 35.5. The van der Waals surface area contributed by atoms with Crippen LogP contribution in [0.2, 0.25) is 5.02 Å². The first kappa shape index (κ1) is 17.3. The van der Waals surface area contributed by atoms with Crippen molar-refractivity contribution in [2.24, 2.45) is 0 Å². The fraction of sp³-hybridized carbons (Fsp3) is 0.0526. The van der Waals surface area contributed by atoms with Gasteiger partial charge in [0.05, 0.1) is 5.69 Å². The summed E-state index contributed by atoms with van der Waals surface area (Å²) < 4.78 is 13.5. The fourth-order valence-corrected chi connectivity index (χ4v) is 3.21. The van der Waals surface area contributed by atoms with E-state index in [0.717, 1.165) is 16.1 Å². The standard InChI is InChI=1S/C19H14ClFN2OS/c1-12-18(14-6-9-15(20)10-7-14)23-19(25-12)22-17(24)11-8-13-4-2-3-5-16(13)21/h2-11H,1H3,(H,22,23,24)/b11-8+. The number of amides is 1. The molecule has 0 bridgehead atoms. The van der Waals surface area contributed by atoms with E-state index in [2.05, 4.69) is 10.3 Å². The number of hydrogen-bond donors (Lipinski definition) is 1. The normalized spacial score (nSPS) is 11.0. The van der Waals surface area contributed by atoms with Gasteiger partial charge in [-0.05, 0) is 31.2 Å². The van der Waals surface area contributed by atoms with Crippen LogP contribution >= 0.6 is 22.9 Å². The molecule has 25 heavy (non-hydrogen) atoms. The second-order valence-corrected chi connectivity index (χ2v) is 6.91. The Hall–Kier alpha value is -2.50. The molecular formula is C19H14ClFN2OS. The first-order valence-electron chi connectivity index (χ1n) is 7.50. The third-order valence-electron chi connectivity index (χ3n) is 3.46. The molecule has 3 nitrogen and oxygen atoms in total. The summed E-state index contributed by atoms with van der Waals surface area (Å²) in [5.74, 6) is -0.735. The number of rotatable bonds is 4. The summed E-state index contributed by atoms with van der Waals surface area (Å²) in [6.07, 6.45) is 2.72. The molecule has 2 aromatic carbocycles. The van der Waals surface area contributed by atoms with Gasteiger partial charge in [-0.1, -0.05) is 41.9 Å². The molecule has 1 heterocycles. The number of anilines is 1. The maximum absolute atomic E-state index is 13.5. The van der Waals surface area contributed by atoms with Gasteiger partial charge < -0.3 is 0 Å². The minimum Gasteiger partial charge on any atom is -0.298 e. The van der Waals surface area contributed by atoms with Crippen LogP contribution in [0.25, 0.3) is 17.3 Å². The topological polar surface area (TPSA) is 42.0 Å². The van der Waals surface area contributed by atoms with E-state index in [9.17, 15) is 9.18 Å². The van der Waals surface area contributed by atoms with Gasteiger partial charge in [-0.2, -0.15) is 0 Å². The molecule has 0 aliphatic rings. The Labute approximate surface area is 153 Å². The molecule has 126 valence electrons. The summed E-state index contributed by atoms with van der Waals surface area (Å²) in [7, 11) is 0. The van der Waals surface area contributed by atoms with E-state index in [0.29, 0.717) is 15.7 Å². The zero-order valence-corrected chi connectivity index (χ0v) is 14.9. The Morgan fingerprint density at radius 2 is 1.92 bits per heavy atom. The van der Waals surface area contributed by atoms with Gasteiger partial charge in [-0.25, -0.2) is 9.37 Å². The molecule has 0 aliphatic heterocycles. The van der Waals surface area contributed by atoms with Crippen molar-refractivity contribution in [2.45, 2.75) is 6.92 Å². The minimum atomic E-state index is -0.373. The predicted octanol–water partition coefficient (Wildman–Crippen LogP) is 5.56. The molecule has 0 radical (unpaired) electrons. The third kappa shape index (κ3) is 4.32. The average molecular weight is 373 g/mol. The monoisotopic (exact) mass is 372 g/mol. The molecule has 3 rings (SSSR count). The lowest BCUT2D eigenvalue weighted by atomic mass is 10.1. The molecule has 0 saturated heterocycles. The van der Waals surface area contributed by atoms with Crippen LogP contribution in [-0.2, 0) is 4.79 Å². The summed E-state index contributed by atoms with van der Waals surface area (Å²) in [5, 5.41) is 3.85. The van der Waals surface area contributed by atoms with Crippen molar-refractivity contribution in [3.8, 4) is 11.3 Å². The highest BCUT2D eigenvalue weighted by Gasteiger charge is 2.11. The van der Waals surface area contributed by atoms with Crippen LogP contribution < -0.4 is 5.32 Å². The maximum Gasteiger partial charge on any atom is 0.250 e. The fourth-order valence-electron chi connectivity index (χ4n) is 2.25. The van der Waals surface area contributed by atoms with E-state index < -0.39 is 0 Å². The number of hydrogen-bond acceptors (Lipinski definition) is 3. The van der Waals surface area contributed by atoms with Crippen LogP contribution in [0.3, 0.4) is 0 Å². The number of nitrogens with one attached hydrogen (secondary N) is 1. The molecule has 3 aromatic rings. The van der Waals surface area contributed by atoms with E-state index in [4.69, 9.17) is 11.6 Å². The van der Waals surface area contributed by atoms with E-state index in [1.54, 1.807) is 30.3 Å². The van der Waals surface area contributed by atoms with Gasteiger partial charge in [-0.15, -0.1) is 11.3 Å². The SMILES string of the molecule is Cc1sc(NC(=O)/C=C/c2ccccc2F)nc1-c1ccc(Cl)cc1. The smallest absolute Gasteiger partial charge is 0.250 e. The molecule has 0 fully saturated rings. The second-order valence-electron chi connectivity index (χ2n) is 5.27. The average Bonchev–Trinajstić information content (AvgIpc) is 2.95. The molecule has 6 heteroatoms. The van der Waals surface area contributed by atoms with Gasteiger partial charge in [0.2, 0.25) is 5.91 Å². The van der Waals surface area contributed by atoms with Crippen LogP contribution in [0.4, 0.5) is 9.52 Å². The number of halogens is 2. The number of aryl methyl sites for hydroxylation is 1. The minimum absolute atomic E-state index is 0.356. The van der Waals surface area contributed by atoms with Gasteiger partial charge in [0.15, 0.2) is 5.13 Å². The second kappa shape index (κ2) is 7.59. The summed E-state index contributed by atoms with van der Waals surface area (Å²) in [4.78, 5) is 17.5. The molecule has 0 saturated carbocycles. The van der Waals surface area contributed by atoms with Crippen molar-refractivity contribution in [3.05, 3.63) is 75.9 Å². The summed E-state index contributed by atoms with van der Waals surface area (Å²) in [5.41, 5.74) is 2.09. The summed E-state index contributed by atoms with van der Waals surface area (Å²) >= 11 is 7.28. The maximum atomic E-state index is 13.5. The number of thiazole rings is 1. The van der Waals surface area contributed by atoms with E-state index in [1.807, 2.05) is 19.1 Å². The first-order valence-corrected chi connectivity index (χ1v) is 8.69. The summed E-state index contributed by atoms with van der Waals surface area (Å²) in [6.45, 7) is 1.94. The van der Waals surface area contributed by atoms with Crippen LogP contribution in [-0.4, -0.2) is 10.9 Å². The van der Waals surface area contributed by atoms with Crippen LogP contribution in [0.5, 0.6) is 0 Å². The molecule has 1 amide bonds. The molecular weight excluding hydrogens is 359 g/mol. The number of nitrogens with zero attached hydrogens (tertiary/aromatic N) is 1. The number of carbonyl (C=O) groups is 1. The molecule has 1 aromatic heterocycles. The lowest BCUT2D eigenvalue weighted by molar-refractivity contribution is -0.111. The number of aromatic nitrogens is 1. The van der Waals surface area contributed by atoms with Crippen molar-refractivity contribution in [1.29, 1.82) is 0 Å². The van der Waals surface area contributed by atoms with Crippen molar-refractivity contribution < 1.29 is 9.18 Å². The lowest BCUT2D eigenvalue weighted by Gasteiger charge is -1.99. The molecule has 0 aliphatic carbocycles. The van der Waals surface area contributed by atoms with Crippen LogP contribution in [0.1, 0.15) is 10.4 Å². The third-order valence-corrected chi connectivity index (χ3v) is 4.60. The zero-order valence-electron chi connectivity index (χ0n) is 13.3. The van der Waals surface area contributed by atoms with Crippen molar-refractivity contribution in [3.63, 3.8) is 0 Å². The predicted molar refractivity (Wildman–Crippen MR) is 101 cm³/mol. The Bertz CT molecular complexity index is 935. The molecule has 1 N–H and O–H groups in total. The van der Waals surface area contributed by atoms with Gasteiger partial charge in [0, 0.05) is 27.1 Å². The lowest BCUT2D eigenvalue weighted by Crippen LogP contribution is -2.07. The number of carbonyl (C=O) groups excluding carboxylic acids is 1. The van der Waals surface area contributed by atoms with Crippen LogP contribution in [0.15, 0.2) is 54.6 Å². The Morgan fingerprint density at radius 3 is 2.64 bits per heavy atom. The molecule has 0 atom stereocenters. The highest BCUT2D eigenvalue weighted by molar-refractivity contribution is 7.16. The summed E-state index contributed by atoms with van der Waals surface area (Å²) in [6, 6.07) is 13.6. The molecule has 0 unspecified atom stereocenters. The quantitative estimate of drug-likeness (QED) is 0.609. The highest BCUT2D eigenvalue weighted by Crippen LogP contribution is 2.31. The van der Waals surface area contributed by atoms with Crippen molar-refractivity contribution in [2.75, 3.05) is 5.32 Å². The van der Waals surface area contributed by atoms with Gasteiger partial charge in [0.1, 0.15) is 5.82 Å². The number of benzene rings is 2. The van der Waals surface area contributed by atoms with Crippen molar-refractivity contribution in [1.82, 2.24) is 4.98 Å². The zero-order chi connectivity index (χ0) is 17.8.